The molecule has 0 heterocycles. The van der Waals surface area contributed by atoms with Crippen molar-refractivity contribution in [1.29, 1.82) is 0 Å². The van der Waals surface area contributed by atoms with Crippen LogP contribution >= 0.6 is 0 Å². The molecule has 0 bridgehead atoms. The van der Waals surface area contributed by atoms with Crippen molar-refractivity contribution in [3.8, 4) is 11.5 Å². The highest BCUT2D eigenvalue weighted by atomic mass is 32.2. The fourth-order valence-electron chi connectivity index (χ4n) is 3.21. The van der Waals surface area contributed by atoms with E-state index >= 15 is 0 Å². The Morgan fingerprint density at radius 1 is 0.939 bits per heavy atom. The van der Waals surface area contributed by atoms with Crippen molar-refractivity contribution in [1.82, 2.24) is 0 Å². The molecule has 0 aliphatic heterocycles. The number of ether oxygens (including phenoxy) is 2. The summed E-state index contributed by atoms with van der Waals surface area (Å²) in [5, 5.41) is 2.78. The molecule has 0 aliphatic rings. The Hall–Kier alpha value is -3.52. The molecule has 7 nitrogen and oxygen atoms in total. The Labute approximate surface area is 194 Å². The molecule has 3 aromatic rings. The number of amides is 1. The minimum Gasteiger partial charge on any atom is -0.497 e. The molecule has 33 heavy (non-hydrogen) atoms. The second-order valence-corrected chi connectivity index (χ2v) is 9.31. The summed E-state index contributed by atoms with van der Waals surface area (Å²) < 4.78 is 39.0. The van der Waals surface area contributed by atoms with Crippen molar-refractivity contribution < 1.29 is 22.7 Å². The van der Waals surface area contributed by atoms with Crippen LogP contribution < -0.4 is 19.5 Å². The van der Waals surface area contributed by atoms with Gasteiger partial charge in [0, 0.05) is 5.69 Å². The average Bonchev–Trinajstić information content (AvgIpc) is 2.80. The van der Waals surface area contributed by atoms with E-state index in [2.05, 4.69) is 10.0 Å². The van der Waals surface area contributed by atoms with E-state index < -0.39 is 16.1 Å². The number of aryl methyl sites for hydroxylation is 2. The molecule has 3 aromatic carbocycles. The van der Waals surface area contributed by atoms with Gasteiger partial charge in [0.25, 0.3) is 15.9 Å². The van der Waals surface area contributed by atoms with E-state index in [1.807, 2.05) is 32.9 Å². The Balaban J connectivity index is 1.66. The van der Waals surface area contributed by atoms with Gasteiger partial charge in [0.05, 0.1) is 17.7 Å². The molecule has 0 spiro atoms. The van der Waals surface area contributed by atoms with Gasteiger partial charge in [-0.1, -0.05) is 24.6 Å². The number of methoxy groups -OCH3 is 1. The Bertz CT molecular complexity index is 1210. The topological polar surface area (TPSA) is 93.7 Å². The number of nitrogens with one attached hydrogen (secondary N) is 2. The summed E-state index contributed by atoms with van der Waals surface area (Å²) in [7, 11) is -2.18. The summed E-state index contributed by atoms with van der Waals surface area (Å²) in [6, 6.07) is 18.5. The molecule has 174 valence electrons. The van der Waals surface area contributed by atoms with Gasteiger partial charge >= 0.3 is 0 Å². The van der Waals surface area contributed by atoms with Crippen LogP contribution in [-0.2, 0) is 14.8 Å². The maximum Gasteiger partial charge on any atom is 0.265 e. The molecular formula is C25H28N2O5S. The van der Waals surface area contributed by atoms with Gasteiger partial charge in [0.2, 0.25) is 0 Å². The highest BCUT2D eigenvalue weighted by Gasteiger charge is 2.20. The smallest absolute Gasteiger partial charge is 0.265 e. The third-order valence-electron chi connectivity index (χ3n) is 5.06. The lowest BCUT2D eigenvalue weighted by molar-refractivity contribution is -0.122. The first-order valence-corrected chi connectivity index (χ1v) is 12.0. The zero-order chi connectivity index (χ0) is 24.0. The largest absolute Gasteiger partial charge is 0.497 e. The fraction of sp³-hybridized carbons (Fsp3) is 0.240. The van der Waals surface area contributed by atoms with E-state index in [1.165, 1.54) is 12.1 Å². The number of carbonyl (C=O) groups is 1. The molecular weight excluding hydrogens is 440 g/mol. The summed E-state index contributed by atoms with van der Waals surface area (Å²) in [6.45, 7) is 5.65. The molecule has 1 atom stereocenters. The van der Waals surface area contributed by atoms with Crippen molar-refractivity contribution in [2.45, 2.75) is 38.2 Å². The predicted molar refractivity (Wildman–Crippen MR) is 129 cm³/mol. The van der Waals surface area contributed by atoms with Crippen LogP contribution in [0.3, 0.4) is 0 Å². The van der Waals surface area contributed by atoms with Crippen molar-refractivity contribution in [3.05, 3.63) is 77.9 Å². The zero-order valence-electron chi connectivity index (χ0n) is 19.1. The summed E-state index contributed by atoms with van der Waals surface area (Å²) >= 11 is 0. The van der Waals surface area contributed by atoms with E-state index in [0.29, 0.717) is 29.3 Å². The first kappa shape index (κ1) is 24.1. The van der Waals surface area contributed by atoms with E-state index in [0.717, 1.165) is 11.1 Å². The maximum atomic E-state index is 12.7. The van der Waals surface area contributed by atoms with Crippen molar-refractivity contribution >= 4 is 27.3 Å². The molecule has 8 heteroatoms. The van der Waals surface area contributed by atoms with Crippen LogP contribution in [0.5, 0.6) is 11.5 Å². The summed E-state index contributed by atoms with van der Waals surface area (Å²) in [4.78, 5) is 12.8. The van der Waals surface area contributed by atoms with E-state index in [9.17, 15) is 13.2 Å². The maximum absolute atomic E-state index is 12.7. The number of anilines is 2. The van der Waals surface area contributed by atoms with E-state index in [1.54, 1.807) is 49.6 Å². The molecule has 2 N–H and O–H groups in total. The van der Waals surface area contributed by atoms with Crippen LogP contribution in [0.4, 0.5) is 11.4 Å². The van der Waals surface area contributed by atoms with Gasteiger partial charge in [-0.05, 0) is 80.4 Å². The van der Waals surface area contributed by atoms with Gasteiger partial charge < -0.3 is 14.8 Å². The van der Waals surface area contributed by atoms with E-state index in [4.69, 9.17) is 9.47 Å². The molecule has 0 radical (unpaired) electrons. The predicted octanol–water partition coefficient (Wildman–Crippen LogP) is 4.91. The quantitative estimate of drug-likeness (QED) is 0.465. The Morgan fingerprint density at radius 2 is 1.58 bits per heavy atom. The average molecular weight is 469 g/mol. The van der Waals surface area contributed by atoms with Gasteiger partial charge in [-0.3, -0.25) is 9.52 Å². The first-order chi connectivity index (χ1) is 15.7. The lowest BCUT2D eigenvalue weighted by atomic mass is 10.1. The third kappa shape index (κ3) is 6.26. The van der Waals surface area contributed by atoms with E-state index in [-0.39, 0.29) is 10.8 Å². The minimum atomic E-state index is -3.76. The highest BCUT2D eigenvalue weighted by molar-refractivity contribution is 7.92. The van der Waals surface area contributed by atoms with Crippen LogP contribution in [0, 0.1) is 13.8 Å². The molecule has 0 aromatic heterocycles. The van der Waals surface area contributed by atoms with Gasteiger partial charge in [0.1, 0.15) is 11.5 Å². The lowest BCUT2D eigenvalue weighted by Gasteiger charge is -2.17. The van der Waals surface area contributed by atoms with Crippen LogP contribution in [-0.4, -0.2) is 27.5 Å². The molecule has 1 amide bonds. The molecule has 0 unspecified atom stereocenters. The number of sulfonamides is 1. The number of hydrogen-bond donors (Lipinski definition) is 2. The molecule has 3 rings (SSSR count). The molecule has 0 saturated carbocycles. The second-order valence-electron chi connectivity index (χ2n) is 7.63. The van der Waals surface area contributed by atoms with Crippen molar-refractivity contribution in [3.63, 3.8) is 0 Å². The minimum absolute atomic E-state index is 0.0991. The van der Waals surface area contributed by atoms with Crippen molar-refractivity contribution in [2.75, 3.05) is 17.1 Å². The number of carbonyl (C=O) groups excluding carboxylic acids is 1. The van der Waals surface area contributed by atoms with Gasteiger partial charge in [-0.25, -0.2) is 8.42 Å². The molecule has 0 aliphatic carbocycles. The summed E-state index contributed by atoms with van der Waals surface area (Å²) in [5.41, 5.74) is 2.89. The van der Waals surface area contributed by atoms with Crippen LogP contribution in [0.1, 0.15) is 24.5 Å². The first-order valence-electron chi connectivity index (χ1n) is 10.5. The zero-order valence-corrected chi connectivity index (χ0v) is 19.9. The number of rotatable bonds is 9. The van der Waals surface area contributed by atoms with Crippen molar-refractivity contribution in [2.24, 2.45) is 0 Å². The normalized spacial score (nSPS) is 12.0. The third-order valence-corrected chi connectivity index (χ3v) is 6.44. The molecule has 0 saturated heterocycles. The SMILES string of the molecule is CC[C@@H](Oc1ccc(OC)cc1)C(=O)Nc1ccc(S(=O)(=O)Nc2ccc(C)cc2C)cc1. The monoisotopic (exact) mass is 468 g/mol. The highest BCUT2D eigenvalue weighted by Crippen LogP contribution is 2.23. The van der Waals surface area contributed by atoms with Crippen LogP contribution in [0.15, 0.2) is 71.6 Å². The number of hydrogen-bond acceptors (Lipinski definition) is 5. The van der Waals surface area contributed by atoms with Crippen LogP contribution in [0.2, 0.25) is 0 Å². The summed E-state index contributed by atoms with van der Waals surface area (Å²) in [5.74, 6) is 0.927. The number of benzene rings is 3. The summed E-state index contributed by atoms with van der Waals surface area (Å²) in [6.07, 6.45) is -0.238. The Morgan fingerprint density at radius 3 is 2.15 bits per heavy atom. The fourth-order valence-corrected chi connectivity index (χ4v) is 4.34. The molecule has 0 fully saturated rings. The second kappa shape index (κ2) is 10.4. The van der Waals surface area contributed by atoms with Gasteiger partial charge in [0.15, 0.2) is 6.10 Å². The lowest BCUT2D eigenvalue weighted by Crippen LogP contribution is -2.32. The van der Waals surface area contributed by atoms with Gasteiger partial charge in [-0.2, -0.15) is 0 Å². The van der Waals surface area contributed by atoms with Crippen LogP contribution in [0.25, 0.3) is 0 Å². The van der Waals surface area contributed by atoms with Gasteiger partial charge in [-0.15, -0.1) is 0 Å². The standard InChI is InChI=1S/C25H28N2O5S/c1-5-24(32-21-11-9-20(31-4)10-12-21)25(28)26-19-7-13-22(14-8-19)33(29,30)27-23-15-6-17(2)16-18(23)3/h6-16,24,27H,5H2,1-4H3,(H,26,28)/t24-/m1/s1. The Kier molecular flexibility index (Phi) is 7.60.